The second kappa shape index (κ2) is 5.88. The smallest absolute Gasteiger partial charge is 0.123 e. The topological polar surface area (TPSA) is 18.5 Å². The van der Waals surface area contributed by atoms with E-state index in [-0.39, 0.29) is 5.82 Å². The van der Waals surface area contributed by atoms with Gasteiger partial charge in [0.1, 0.15) is 5.82 Å². The fourth-order valence-electron chi connectivity index (χ4n) is 2.72. The van der Waals surface area contributed by atoms with Crippen molar-refractivity contribution in [1.82, 2.24) is 9.80 Å². The summed E-state index contributed by atoms with van der Waals surface area (Å²) in [6.07, 6.45) is 2.82. The van der Waals surface area contributed by atoms with Gasteiger partial charge in [-0.2, -0.15) is 0 Å². The molecule has 0 aromatic heterocycles. The van der Waals surface area contributed by atoms with Crippen LogP contribution < -0.4 is 5.32 Å². The van der Waals surface area contributed by atoms with Gasteiger partial charge in [-0.3, -0.25) is 9.80 Å². The van der Waals surface area contributed by atoms with Gasteiger partial charge in [-0.15, -0.1) is 0 Å². The van der Waals surface area contributed by atoms with Gasteiger partial charge in [0.2, 0.25) is 0 Å². The van der Waals surface area contributed by atoms with Crippen LogP contribution in [0.5, 0.6) is 0 Å². The van der Waals surface area contributed by atoms with E-state index in [2.05, 4.69) is 15.1 Å². The van der Waals surface area contributed by atoms with Crippen molar-refractivity contribution in [2.24, 2.45) is 0 Å². The molecule has 104 valence electrons. The molecule has 1 saturated carbocycles. The van der Waals surface area contributed by atoms with E-state index >= 15 is 0 Å². The molecular formula is C15H22FN3. The molecule has 3 nitrogen and oxygen atoms in total. The van der Waals surface area contributed by atoms with Gasteiger partial charge in [0, 0.05) is 51.0 Å². The molecule has 4 heteroatoms. The Labute approximate surface area is 114 Å². The van der Waals surface area contributed by atoms with Crippen LogP contribution >= 0.6 is 0 Å². The molecule has 3 rings (SSSR count). The molecule has 0 atom stereocenters. The van der Waals surface area contributed by atoms with Gasteiger partial charge < -0.3 is 5.32 Å². The van der Waals surface area contributed by atoms with Crippen molar-refractivity contribution < 1.29 is 4.39 Å². The monoisotopic (exact) mass is 263 g/mol. The normalized spacial score (nSPS) is 21.5. The number of hydrogen-bond acceptors (Lipinski definition) is 3. The van der Waals surface area contributed by atoms with E-state index in [1.165, 1.54) is 51.2 Å². The molecule has 1 aliphatic carbocycles. The molecule has 0 bridgehead atoms. The molecule has 1 aromatic carbocycles. The number of rotatable bonds is 5. The summed E-state index contributed by atoms with van der Waals surface area (Å²) in [5, 5.41) is 3.34. The van der Waals surface area contributed by atoms with Crippen LogP contribution in [-0.4, -0.2) is 55.1 Å². The van der Waals surface area contributed by atoms with Crippen LogP contribution in [0.3, 0.4) is 0 Å². The molecule has 1 heterocycles. The number of anilines is 1. The molecule has 1 N–H and O–H groups in total. The lowest BCUT2D eigenvalue weighted by Crippen LogP contribution is -2.48. The van der Waals surface area contributed by atoms with Crippen LogP contribution in [0.4, 0.5) is 10.1 Å². The van der Waals surface area contributed by atoms with Crippen molar-refractivity contribution >= 4 is 5.69 Å². The van der Waals surface area contributed by atoms with Gasteiger partial charge in [0.05, 0.1) is 0 Å². The maximum atomic E-state index is 12.8. The molecule has 1 saturated heterocycles. The summed E-state index contributed by atoms with van der Waals surface area (Å²) in [6, 6.07) is 7.48. The second-order valence-corrected chi connectivity index (χ2v) is 5.54. The Morgan fingerprint density at radius 2 is 1.74 bits per heavy atom. The summed E-state index contributed by atoms with van der Waals surface area (Å²) in [6.45, 7) is 6.80. The minimum Gasteiger partial charge on any atom is -0.384 e. The Kier molecular flexibility index (Phi) is 3.99. The number of piperazine rings is 1. The van der Waals surface area contributed by atoms with Crippen molar-refractivity contribution in [3.05, 3.63) is 30.1 Å². The summed E-state index contributed by atoms with van der Waals surface area (Å²) in [4.78, 5) is 5.14. The van der Waals surface area contributed by atoms with E-state index in [9.17, 15) is 4.39 Å². The Hall–Kier alpha value is -1.13. The minimum absolute atomic E-state index is 0.179. The third-order valence-electron chi connectivity index (χ3n) is 4.07. The van der Waals surface area contributed by atoms with Crippen LogP contribution in [0, 0.1) is 5.82 Å². The highest BCUT2D eigenvalue weighted by Crippen LogP contribution is 2.27. The molecule has 0 radical (unpaired) electrons. The minimum atomic E-state index is -0.179. The molecule has 19 heavy (non-hydrogen) atoms. The number of hydrogen-bond donors (Lipinski definition) is 1. The lowest BCUT2D eigenvalue weighted by molar-refractivity contribution is 0.130. The predicted molar refractivity (Wildman–Crippen MR) is 75.9 cm³/mol. The van der Waals surface area contributed by atoms with Crippen LogP contribution in [0.15, 0.2) is 24.3 Å². The summed E-state index contributed by atoms with van der Waals surface area (Å²) in [5.41, 5.74) is 0.998. The lowest BCUT2D eigenvalue weighted by Gasteiger charge is -2.34. The van der Waals surface area contributed by atoms with Gasteiger partial charge in [0.15, 0.2) is 0 Å². The largest absolute Gasteiger partial charge is 0.384 e. The van der Waals surface area contributed by atoms with Gasteiger partial charge in [-0.25, -0.2) is 4.39 Å². The molecule has 1 aliphatic heterocycles. The van der Waals surface area contributed by atoms with E-state index in [4.69, 9.17) is 0 Å². The van der Waals surface area contributed by atoms with Crippen molar-refractivity contribution in [2.75, 3.05) is 44.6 Å². The van der Waals surface area contributed by atoms with Gasteiger partial charge >= 0.3 is 0 Å². The summed E-state index contributed by atoms with van der Waals surface area (Å²) >= 11 is 0. The van der Waals surface area contributed by atoms with Gasteiger partial charge in [-0.05, 0) is 37.1 Å². The average Bonchev–Trinajstić information content (AvgIpc) is 3.26. The zero-order chi connectivity index (χ0) is 13.1. The first-order chi connectivity index (χ1) is 9.31. The fourth-order valence-corrected chi connectivity index (χ4v) is 2.72. The maximum Gasteiger partial charge on any atom is 0.123 e. The first-order valence-corrected chi connectivity index (χ1v) is 7.27. The Morgan fingerprint density at radius 1 is 1.05 bits per heavy atom. The molecular weight excluding hydrogens is 241 g/mol. The highest BCUT2D eigenvalue weighted by Gasteiger charge is 2.30. The van der Waals surface area contributed by atoms with E-state index in [0.29, 0.717) is 0 Å². The lowest BCUT2D eigenvalue weighted by atomic mass is 10.3. The van der Waals surface area contributed by atoms with Crippen LogP contribution in [0.2, 0.25) is 0 Å². The summed E-state index contributed by atoms with van der Waals surface area (Å²) in [5.74, 6) is -0.179. The van der Waals surface area contributed by atoms with E-state index < -0.39 is 0 Å². The Balaban J connectivity index is 1.35. The van der Waals surface area contributed by atoms with Crippen LogP contribution in [0.25, 0.3) is 0 Å². The third-order valence-corrected chi connectivity index (χ3v) is 4.07. The third kappa shape index (κ3) is 3.67. The number of nitrogens with one attached hydrogen (secondary N) is 1. The summed E-state index contributed by atoms with van der Waals surface area (Å²) < 4.78 is 12.8. The van der Waals surface area contributed by atoms with Crippen molar-refractivity contribution in [3.63, 3.8) is 0 Å². The summed E-state index contributed by atoms with van der Waals surface area (Å²) in [7, 11) is 0. The quantitative estimate of drug-likeness (QED) is 0.877. The second-order valence-electron chi connectivity index (χ2n) is 5.54. The molecule has 0 unspecified atom stereocenters. The molecule has 1 aromatic rings. The Morgan fingerprint density at radius 3 is 2.37 bits per heavy atom. The number of halogens is 1. The first-order valence-electron chi connectivity index (χ1n) is 7.27. The highest BCUT2D eigenvalue weighted by molar-refractivity contribution is 5.42. The van der Waals surface area contributed by atoms with Gasteiger partial charge in [0.25, 0.3) is 0 Å². The van der Waals surface area contributed by atoms with Crippen molar-refractivity contribution in [3.8, 4) is 0 Å². The van der Waals surface area contributed by atoms with Crippen molar-refractivity contribution in [2.45, 2.75) is 18.9 Å². The molecule has 0 spiro atoms. The predicted octanol–water partition coefficient (Wildman–Crippen LogP) is 2.02. The number of nitrogens with zero attached hydrogens (tertiary/aromatic N) is 2. The fraction of sp³-hybridized carbons (Fsp3) is 0.600. The highest BCUT2D eigenvalue weighted by atomic mass is 19.1. The Bertz CT molecular complexity index is 394. The zero-order valence-corrected chi connectivity index (χ0v) is 11.3. The van der Waals surface area contributed by atoms with Crippen LogP contribution in [0.1, 0.15) is 12.8 Å². The SMILES string of the molecule is Fc1ccc(NCCN2CCN(C3CC3)CC2)cc1. The number of benzene rings is 1. The van der Waals surface area contributed by atoms with Gasteiger partial charge in [-0.1, -0.05) is 0 Å². The van der Waals surface area contributed by atoms with Crippen LogP contribution in [-0.2, 0) is 0 Å². The molecule has 2 fully saturated rings. The average molecular weight is 263 g/mol. The maximum absolute atomic E-state index is 12.8. The first kappa shape index (κ1) is 12.9. The zero-order valence-electron chi connectivity index (χ0n) is 11.3. The standard InChI is InChI=1S/C15H22FN3/c16-13-1-3-14(4-2-13)17-7-8-18-9-11-19(12-10-18)15-5-6-15/h1-4,15,17H,5-12H2. The van der Waals surface area contributed by atoms with E-state index in [1.54, 1.807) is 12.1 Å². The molecule has 2 aliphatic rings. The molecule has 0 amide bonds. The van der Waals surface area contributed by atoms with E-state index in [0.717, 1.165) is 24.8 Å². The van der Waals surface area contributed by atoms with E-state index in [1.807, 2.05) is 0 Å². The van der Waals surface area contributed by atoms with Crippen molar-refractivity contribution in [1.29, 1.82) is 0 Å².